The molecule has 0 radical (unpaired) electrons. The molecule has 1 amide bonds. The number of carbonyl (C=O) groups is 1. The Hall–Kier alpha value is -2.65. The van der Waals surface area contributed by atoms with Crippen molar-refractivity contribution in [3.63, 3.8) is 0 Å². The highest BCUT2D eigenvalue weighted by molar-refractivity contribution is 5.75. The van der Waals surface area contributed by atoms with Gasteiger partial charge in [-0.05, 0) is 45.7 Å². The van der Waals surface area contributed by atoms with Gasteiger partial charge in [-0.3, -0.25) is 10.1 Å². The van der Waals surface area contributed by atoms with Gasteiger partial charge >= 0.3 is 0 Å². The molecule has 27 heavy (non-hydrogen) atoms. The minimum absolute atomic E-state index is 0.0821. The molecule has 2 heterocycles. The molecule has 3 rings (SSSR count). The fourth-order valence-electron chi connectivity index (χ4n) is 3.84. The predicted molar refractivity (Wildman–Crippen MR) is 103 cm³/mol. The lowest BCUT2D eigenvalue weighted by Crippen LogP contribution is -2.62. The van der Waals surface area contributed by atoms with E-state index in [4.69, 9.17) is 4.42 Å². The van der Waals surface area contributed by atoms with E-state index in [-0.39, 0.29) is 5.91 Å². The largest absolute Gasteiger partial charge is 0.441 e. The number of aromatic nitrogens is 1. The molecule has 0 bridgehead atoms. The van der Waals surface area contributed by atoms with Crippen molar-refractivity contribution in [2.24, 2.45) is 0 Å². The number of nitrogens with zero attached hydrogens (tertiary/aromatic N) is 3. The van der Waals surface area contributed by atoms with Crippen LogP contribution in [0.3, 0.4) is 0 Å². The molecule has 1 saturated heterocycles. The van der Waals surface area contributed by atoms with Crippen LogP contribution in [0.25, 0.3) is 11.5 Å². The van der Waals surface area contributed by atoms with Crippen molar-refractivity contribution < 1.29 is 9.21 Å². The van der Waals surface area contributed by atoms with E-state index in [1.165, 1.54) is 6.92 Å². The Bertz CT molecular complexity index is 866. The van der Waals surface area contributed by atoms with Crippen molar-refractivity contribution in [2.45, 2.75) is 58.2 Å². The number of rotatable bonds is 5. The van der Waals surface area contributed by atoms with E-state index in [1.807, 2.05) is 51.1 Å². The number of hydrogen-bond donors (Lipinski definition) is 1. The summed E-state index contributed by atoms with van der Waals surface area (Å²) in [5.41, 5.74) is 0.384. The number of oxazole rings is 1. The molecule has 142 valence electrons. The van der Waals surface area contributed by atoms with E-state index in [9.17, 15) is 10.1 Å². The lowest BCUT2D eigenvalue weighted by Gasteiger charge is -2.39. The van der Waals surface area contributed by atoms with Crippen LogP contribution < -0.4 is 5.32 Å². The van der Waals surface area contributed by atoms with Gasteiger partial charge in [0.2, 0.25) is 11.8 Å². The minimum atomic E-state index is -0.963. The quantitative estimate of drug-likeness (QED) is 0.877. The molecule has 1 fully saturated rings. The summed E-state index contributed by atoms with van der Waals surface area (Å²) in [7, 11) is 0. The highest BCUT2D eigenvalue weighted by Crippen LogP contribution is 2.31. The van der Waals surface area contributed by atoms with Crippen molar-refractivity contribution in [1.29, 1.82) is 5.26 Å². The van der Waals surface area contributed by atoms with E-state index < -0.39 is 11.2 Å². The van der Waals surface area contributed by atoms with Crippen LogP contribution in [0.15, 0.2) is 34.7 Å². The van der Waals surface area contributed by atoms with Gasteiger partial charge in [0.05, 0.1) is 5.69 Å². The summed E-state index contributed by atoms with van der Waals surface area (Å²) in [6.45, 7) is 8.08. The number of amides is 1. The monoisotopic (exact) mass is 366 g/mol. The first-order valence-electron chi connectivity index (χ1n) is 9.27. The molecular formula is C21H26N4O2. The lowest BCUT2D eigenvalue weighted by atomic mass is 9.94. The second-order valence-electron chi connectivity index (χ2n) is 7.82. The smallest absolute Gasteiger partial charge is 0.226 e. The van der Waals surface area contributed by atoms with Crippen LogP contribution >= 0.6 is 0 Å². The third-order valence-corrected chi connectivity index (χ3v) is 5.01. The number of nitriles is 1. The normalized spacial score (nSPS) is 19.9. The first-order chi connectivity index (χ1) is 12.8. The topological polar surface area (TPSA) is 82.2 Å². The first kappa shape index (κ1) is 19.1. The van der Waals surface area contributed by atoms with Crippen LogP contribution in [0.1, 0.15) is 45.1 Å². The molecule has 1 aliphatic rings. The zero-order valence-electron chi connectivity index (χ0n) is 16.4. The number of likely N-dealkylation sites (tertiary alicyclic amines) is 1. The van der Waals surface area contributed by atoms with E-state index in [2.05, 4.69) is 16.4 Å². The van der Waals surface area contributed by atoms with Gasteiger partial charge in [0.25, 0.3) is 0 Å². The fourth-order valence-corrected chi connectivity index (χ4v) is 3.84. The minimum Gasteiger partial charge on any atom is -0.441 e. The van der Waals surface area contributed by atoms with Gasteiger partial charge in [0.1, 0.15) is 11.8 Å². The van der Waals surface area contributed by atoms with Crippen molar-refractivity contribution in [3.8, 4) is 17.5 Å². The van der Waals surface area contributed by atoms with Crippen molar-refractivity contribution in [3.05, 3.63) is 41.8 Å². The average molecular weight is 366 g/mol. The number of hydrogen-bond acceptors (Lipinski definition) is 5. The molecule has 6 heteroatoms. The van der Waals surface area contributed by atoms with Crippen LogP contribution in [-0.4, -0.2) is 33.5 Å². The Labute approximate surface area is 160 Å². The number of benzene rings is 1. The molecular weight excluding hydrogens is 340 g/mol. The maximum absolute atomic E-state index is 12.0. The van der Waals surface area contributed by atoms with Crippen LogP contribution in [0.4, 0.5) is 0 Å². The number of aryl methyl sites for hydroxylation is 1. The summed E-state index contributed by atoms with van der Waals surface area (Å²) >= 11 is 0. The first-order valence-corrected chi connectivity index (χ1v) is 9.27. The maximum atomic E-state index is 12.0. The van der Waals surface area contributed by atoms with Gasteiger partial charge < -0.3 is 9.32 Å². The lowest BCUT2D eigenvalue weighted by molar-refractivity contribution is -0.132. The summed E-state index contributed by atoms with van der Waals surface area (Å²) in [6, 6.07) is 12.1. The highest BCUT2D eigenvalue weighted by Gasteiger charge is 2.46. The SMILES string of the molecule is CC(=O)N1CCCC1(C#N)NC(C)(C)Cc1nc(-c2ccccc2)oc1C. The van der Waals surface area contributed by atoms with Gasteiger partial charge in [0, 0.05) is 31.0 Å². The molecule has 1 aliphatic heterocycles. The zero-order chi connectivity index (χ0) is 19.7. The third kappa shape index (κ3) is 3.88. The molecule has 2 aromatic rings. The van der Waals surface area contributed by atoms with Crippen LogP contribution in [0, 0.1) is 18.3 Å². The number of nitrogens with one attached hydrogen (secondary N) is 1. The Kier molecular flexibility index (Phi) is 5.07. The van der Waals surface area contributed by atoms with E-state index in [0.717, 1.165) is 23.4 Å². The van der Waals surface area contributed by atoms with Crippen LogP contribution in [-0.2, 0) is 11.2 Å². The number of carbonyl (C=O) groups excluding carboxylic acids is 1. The predicted octanol–water partition coefficient (Wildman–Crippen LogP) is 3.42. The summed E-state index contributed by atoms with van der Waals surface area (Å²) in [6.07, 6.45) is 2.03. The molecule has 0 saturated carbocycles. The molecule has 6 nitrogen and oxygen atoms in total. The molecule has 1 unspecified atom stereocenters. The molecule has 1 N–H and O–H groups in total. The van der Waals surface area contributed by atoms with Gasteiger partial charge in [-0.2, -0.15) is 5.26 Å². The maximum Gasteiger partial charge on any atom is 0.226 e. The second kappa shape index (κ2) is 7.16. The van der Waals surface area contributed by atoms with E-state index in [1.54, 1.807) is 4.90 Å². The third-order valence-electron chi connectivity index (χ3n) is 5.01. The second-order valence-corrected chi connectivity index (χ2v) is 7.82. The van der Waals surface area contributed by atoms with Crippen molar-refractivity contribution in [1.82, 2.24) is 15.2 Å². The Morgan fingerprint density at radius 3 is 2.74 bits per heavy atom. The summed E-state index contributed by atoms with van der Waals surface area (Å²) < 4.78 is 5.86. The Morgan fingerprint density at radius 2 is 2.11 bits per heavy atom. The standard InChI is InChI=1S/C21H26N4O2/c1-15-18(23-19(27-15)17-9-6-5-7-10-17)13-20(3,4)24-21(14-22)11-8-12-25(21)16(2)26/h5-7,9-10,24H,8,11-13H2,1-4H3. The van der Waals surface area contributed by atoms with Crippen LogP contribution in [0.5, 0.6) is 0 Å². The zero-order valence-corrected chi connectivity index (χ0v) is 16.4. The summed E-state index contributed by atoms with van der Waals surface area (Å²) in [4.78, 5) is 18.3. The molecule has 1 atom stereocenters. The Balaban J connectivity index is 1.82. The fraction of sp³-hybridized carbons (Fsp3) is 0.476. The van der Waals surface area contributed by atoms with Crippen LogP contribution in [0.2, 0.25) is 0 Å². The van der Waals surface area contributed by atoms with Gasteiger partial charge in [-0.15, -0.1) is 0 Å². The molecule has 1 aromatic carbocycles. The molecule has 1 aromatic heterocycles. The highest BCUT2D eigenvalue weighted by atomic mass is 16.4. The summed E-state index contributed by atoms with van der Waals surface area (Å²) in [5, 5.41) is 13.3. The van der Waals surface area contributed by atoms with Gasteiger partial charge in [-0.1, -0.05) is 18.2 Å². The average Bonchev–Trinajstić information content (AvgIpc) is 3.19. The van der Waals surface area contributed by atoms with Crippen molar-refractivity contribution in [2.75, 3.05) is 6.54 Å². The van der Waals surface area contributed by atoms with Gasteiger partial charge in [0.15, 0.2) is 5.66 Å². The molecule has 0 spiro atoms. The van der Waals surface area contributed by atoms with E-state index in [0.29, 0.717) is 25.3 Å². The molecule has 0 aliphatic carbocycles. The van der Waals surface area contributed by atoms with Crippen molar-refractivity contribution >= 4 is 5.91 Å². The van der Waals surface area contributed by atoms with E-state index >= 15 is 0 Å². The summed E-state index contributed by atoms with van der Waals surface area (Å²) in [5.74, 6) is 1.28. The Morgan fingerprint density at radius 1 is 1.41 bits per heavy atom. The van der Waals surface area contributed by atoms with Gasteiger partial charge in [-0.25, -0.2) is 4.98 Å².